The molecule has 0 saturated heterocycles. The van der Waals surface area contributed by atoms with Gasteiger partial charge >= 0.3 is 26.2 Å². The molecule has 0 heterocycles. The molecule has 25 heavy (non-hydrogen) atoms. The Hall–Kier alpha value is -1.46. The average molecular weight is 408 g/mol. The Morgan fingerprint density at radius 3 is 1.20 bits per heavy atom. The smallest absolute Gasteiger partial charge is 0.358 e. The molecule has 0 unspecified atom stereocenters. The standard InChI is InChI=1S/2C11H11.2CH3.Zr/c2*1-8-7-10-5-3-4-6-11(10)9(8)2;;;/h2*3-7H,1-2H3;2*1H3;/q4*-1;+4. The molecular weight excluding hydrogens is 379 g/mol. The van der Waals surface area contributed by atoms with Crippen LogP contribution in [0.3, 0.4) is 0 Å². The Bertz CT molecular complexity index is 844. The zero-order valence-corrected chi connectivity index (χ0v) is 18.7. The van der Waals surface area contributed by atoms with E-state index in [-0.39, 0.29) is 41.1 Å². The van der Waals surface area contributed by atoms with E-state index < -0.39 is 0 Å². The zero-order valence-electron chi connectivity index (χ0n) is 16.3. The van der Waals surface area contributed by atoms with Gasteiger partial charge in [-0.05, 0) is 0 Å². The van der Waals surface area contributed by atoms with Gasteiger partial charge in [0.05, 0.1) is 0 Å². The van der Waals surface area contributed by atoms with Crippen LogP contribution in [0.15, 0.2) is 60.7 Å². The summed E-state index contributed by atoms with van der Waals surface area (Å²) in [5, 5.41) is 5.51. The van der Waals surface area contributed by atoms with Crippen molar-refractivity contribution in [2.24, 2.45) is 0 Å². The third-order valence-corrected chi connectivity index (χ3v) is 4.66. The first-order valence-electron chi connectivity index (χ1n) is 7.81. The van der Waals surface area contributed by atoms with Crippen molar-refractivity contribution < 1.29 is 26.2 Å². The molecule has 128 valence electrons. The first-order chi connectivity index (χ1) is 10.6. The van der Waals surface area contributed by atoms with Crippen LogP contribution in [0.4, 0.5) is 0 Å². The second kappa shape index (κ2) is 9.88. The summed E-state index contributed by atoms with van der Waals surface area (Å²) in [5.41, 5.74) is 5.62. The van der Waals surface area contributed by atoms with Crippen LogP contribution in [-0.4, -0.2) is 0 Å². The van der Waals surface area contributed by atoms with E-state index in [1.807, 2.05) is 0 Å². The van der Waals surface area contributed by atoms with E-state index in [1.165, 1.54) is 43.8 Å². The molecule has 0 fully saturated rings. The molecule has 4 aromatic rings. The number of fused-ring (bicyclic) bond motifs is 2. The van der Waals surface area contributed by atoms with E-state index in [2.05, 4.69) is 88.4 Å². The fourth-order valence-electron chi connectivity index (χ4n) is 3.04. The van der Waals surface area contributed by atoms with Crippen LogP contribution >= 0.6 is 0 Å². The van der Waals surface area contributed by atoms with Gasteiger partial charge in [0, 0.05) is 0 Å². The van der Waals surface area contributed by atoms with Crippen molar-refractivity contribution in [3.8, 4) is 0 Å². The monoisotopic (exact) mass is 406 g/mol. The molecule has 0 atom stereocenters. The number of hydrogen-bond acceptors (Lipinski definition) is 0. The van der Waals surface area contributed by atoms with Crippen molar-refractivity contribution in [2.45, 2.75) is 27.7 Å². The van der Waals surface area contributed by atoms with Crippen LogP contribution in [-0.2, 0) is 26.2 Å². The molecule has 0 aliphatic carbocycles. The van der Waals surface area contributed by atoms with Gasteiger partial charge in [0.1, 0.15) is 0 Å². The molecule has 0 aliphatic rings. The van der Waals surface area contributed by atoms with Crippen molar-refractivity contribution in [3.05, 3.63) is 97.8 Å². The molecule has 0 spiro atoms. The second-order valence-corrected chi connectivity index (χ2v) is 6.08. The molecule has 4 rings (SSSR count). The van der Waals surface area contributed by atoms with Crippen LogP contribution in [0.2, 0.25) is 0 Å². The number of hydrogen-bond donors (Lipinski definition) is 0. The van der Waals surface area contributed by atoms with Gasteiger partial charge in [0.15, 0.2) is 0 Å². The van der Waals surface area contributed by atoms with Gasteiger partial charge in [-0.2, -0.15) is 11.1 Å². The quantitative estimate of drug-likeness (QED) is 0.269. The van der Waals surface area contributed by atoms with E-state index in [0.29, 0.717) is 0 Å². The minimum Gasteiger partial charge on any atom is -0.358 e. The Balaban J connectivity index is 0.000000411. The number of benzene rings is 2. The molecule has 0 radical (unpaired) electrons. The van der Waals surface area contributed by atoms with E-state index in [0.717, 1.165) is 0 Å². The Morgan fingerprint density at radius 1 is 0.560 bits per heavy atom. The van der Waals surface area contributed by atoms with Gasteiger partial charge in [-0.3, -0.25) is 0 Å². The Labute approximate surface area is 172 Å². The topological polar surface area (TPSA) is 0 Å². The summed E-state index contributed by atoms with van der Waals surface area (Å²) in [6.07, 6.45) is 0. The first-order valence-corrected chi connectivity index (χ1v) is 7.81. The van der Waals surface area contributed by atoms with Gasteiger partial charge < -0.3 is 14.9 Å². The van der Waals surface area contributed by atoms with Crippen LogP contribution in [0.5, 0.6) is 0 Å². The van der Waals surface area contributed by atoms with Gasteiger partial charge in [0.2, 0.25) is 0 Å². The fourth-order valence-corrected chi connectivity index (χ4v) is 3.04. The maximum atomic E-state index is 2.24. The molecule has 0 saturated carbocycles. The summed E-state index contributed by atoms with van der Waals surface area (Å²) in [7, 11) is 0. The van der Waals surface area contributed by atoms with Gasteiger partial charge in [-0.1, -0.05) is 39.8 Å². The maximum absolute atomic E-state index is 2.24. The van der Waals surface area contributed by atoms with Crippen molar-refractivity contribution in [1.29, 1.82) is 0 Å². The molecular formula is C24H28Zr. The summed E-state index contributed by atoms with van der Waals surface area (Å²) >= 11 is 0. The summed E-state index contributed by atoms with van der Waals surface area (Å²) in [6.45, 7) is 8.68. The van der Waals surface area contributed by atoms with Crippen molar-refractivity contribution in [2.75, 3.05) is 0 Å². The number of rotatable bonds is 0. The minimum absolute atomic E-state index is 0. The van der Waals surface area contributed by atoms with Crippen LogP contribution in [0.25, 0.3) is 21.5 Å². The van der Waals surface area contributed by atoms with E-state index in [9.17, 15) is 0 Å². The summed E-state index contributed by atoms with van der Waals surface area (Å²) in [4.78, 5) is 0. The minimum atomic E-state index is 0. The van der Waals surface area contributed by atoms with Gasteiger partial charge in [-0.25, -0.2) is 0 Å². The van der Waals surface area contributed by atoms with Gasteiger partial charge in [0.25, 0.3) is 0 Å². The molecule has 0 nitrogen and oxygen atoms in total. The summed E-state index contributed by atoms with van der Waals surface area (Å²) in [6, 6.07) is 21.5. The third-order valence-electron chi connectivity index (χ3n) is 4.66. The normalized spacial score (nSPS) is 9.44. The molecule has 0 N–H and O–H groups in total. The van der Waals surface area contributed by atoms with Crippen LogP contribution < -0.4 is 0 Å². The molecule has 1 heteroatoms. The maximum Gasteiger partial charge on any atom is 4.00 e. The molecule has 0 bridgehead atoms. The molecule has 4 aromatic carbocycles. The largest absolute Gasteiger partial charge is 4.00 e. The predicted octanol–water partition coefficient (Wildman–Crippen LogP) is 7.25. The second-order valence-electron chi connectivity index (χ2n) is 6.08. The van der Waals surface area contributed by atoms with Crippen molar-refractivity contribution >= 4 is 21.5 Å². The molecule has 0 amide bonds. The average Bonchev–Trinajstić information content (AvgIpc) is 2.98. The first kappa shape index (κ1) is 23.5. The Morgan fingerprint density at radius 2 is 0.880 bits per heavy atom. The fraction of sp³-hybridized carbons (Fsp3) is 0.167. The summed E-state index contributed by atoms with van der Waals surface area (Å²) in [5.74, 6) is 0. The van der Waals surface area contributed by atoms with E-state index >= 15 is 0 Å². The van der Waals surface area contributed by atoms with Crippen molar-refractivity contribution in [3.63, 3.8) is 0 Å². The molecule has 0 aliphatic heterocycles. The SMILES string of the molecule is Cc1[cH-]c2ccccc2c1C.Cc1[cH-]c2ccccc2c1C.[CH3-].[CH3-].[Zr+4]. The van der Waals surface area contributed by atoms with Crippen LogP contribution in [0.1, 0.15) is 22.3 Å². The zero-order chi connectivity index (χ0) is 15.7. The summed E-state index contributed by atoms with van der Waals surface area (Å²) < 4.78 is 0. The molecule has 0 aromatic heterocycles. The van der Waals surface area contributed by atoms with Gasteiger partial charge in [-0.15, -0.1) is 81.2 Å². The van der Waals surface area contributed by atoms with E-state index in [1.54, 1.807) is 0 Å². The number of aryl methyl sites for hydroxylation is 4. The van der Waals surface area contributed by atoms with Crippen molar-refractivity contribution in [1.82, 2.24) is 0 Å². The third kappa shape index (κ3) is 4.79. The Kier molecular flexibility index (Phi) is 9.30. The van der Waals surface area contributed by atoms with E-state index in [4.69, 9.17) is 0 Å². The predicted molar refractivity (Wildman–Crippen MR) is 111 cm³/mol. The van der Waals surface area contributed by atoms with Crippen LogP contribution in [0, 0.1) is 42.5 Å².